The monoisotopic (exact) mass is 248 g/mol. The normalized spacial score (nSPS) is 20.4. The van der Waals surface area contributed by atoms with Gasteiger partial charge >= 0.3 is 0 Å². The van der Waals surface area contributed by atoms with Gasteiger partial charge in [0.15, 0.2) is 0 Å². The van der Waals surface area contributed by atoms with Crippen LogP contribution in [0.5, 0.6) is 0 Å². The third-order valence-corrected chi connectivity index (χ3v) is 2.41. The molecule has 5 heteroatoms. The number of benzene rings is 1. The first-order chi connectivity index (χ1) is 7.51. The van der Waals surface area contributed by atoms with E-state index in [4.69, 9.17) is 16.4 Å². The van der Waals surface area contributed by atoms with Gasteiger partial charge in [-0.05, 0) is 17.7 Å². The third-order valence-electron chi connectivity index (χ3n) is 2.17. The van der Waals surface area contributed by atoms with Crippen LogP contribution in [0.15, 0.2) is 24.3 Å². The summed E-state index contributed by atoms with van der Waals surface area (Å²) >= 11 is 5.66. The molecular weight excluding hydrogens is 238 g/mol. The van der Waals surface area contributed by atoms with E-state index in [2.05, 4.69) is 4.74 Å². The summed E-state index contributed by atoms with van der Waals surface area (Å²) in [5.74, 6) is -3.10. The smallest absolute Gasteiger partial charge is 0.292 e. The van der Waals surface area contributed by atoms with Crippen LogP contribution in [0, 0.1) is 0 Å². The maximum atomic E-state index is 12.6. The Kier molecular flexibility index (Phi) is 4.24. The molecule has 1 aromatic rings. The topological polar surface area (TPSA) is 26.3 Å². The van der Waals surface area contributed by atoms with Gasteiger partial charge in [0.1, 0.15) is 0 Å². The van der Waals surface area contributed by atoms with Gasteiger partial charge in [0.2, 0.25) is 0 Å². The van der Waals surface area contributed by atoms with Crippen molar-refractivity contribution in [3.63, 3.8) is 0 Å². The van der Waals surface area contributed by atoms with E-state index in [9.17, 15) is 8.78 Å². The zero-order valence-corrected chi connectivity index (χ0v) is 9.38. The molecule has 88 valence electrons. The van der Waals surface area contributed by atoms with Crippen LogP contribution < -0.4 is 0 Å². The van der Waals surface area contributed by atoms with Crippen molar-refractivity contribution in [1.82, 2.24) is 0 Å². The lowest BCUT2D eigenvalue weighted by Gasteiger charge is -1.98. The molecule has 0 spiro atoms. The van der Waals surface area contributed by atoms with Crippen molar-refractivity contribution in [2.75, 3.05) is 7.11 Å². The Morgan fingerprint density at radius 1 is 1.56 bits per heavy atom. The second-order valence-corrected chi connectivity index (χ2v) is 3.84. The molecule has 0 bridgehead atoms. The molecule has 1 aromatic carbocycles. The minimum absolute atomic E-state index is 0.0344. The molecule has 16 heavy (non-hydrogen) atoms. The van der Waals surface area contributed by atoms with Gasteiger partial charge in [-0.1, -0.05) is 23.7 Å². The predicted octanol–water partition coefficient (Wildman–Crippen LogP) is 3.25. The number of hydrogen-bond acceptors (Lipinski definition) is 2. The van der Waals surface area contributed by atoms with Crippen LogP contribution in [-0.2, 0) is 9.53 Å². The van der Waals surface area contributed by atoms with Crippen LogP contribution in [0.2, 0.25) is 5.02 Å². The number of carbonyl (C=O) groups excluding carboxylic acids is 1. The number of rotatable bonds is 2. The summed E-state index contributed by atoms with van der Waals surface area (Å²) < 4.78 is 29.0. The Morgan fingerprint density at radius 2 is 2.12 bits per heavy atom. The van der Waals surface area contributed by atoms with E-state index in [-0.39, 0.29) is 6.42 Å². The number of halogens is 3. The third kappa shape index (κ3) is 3.45. The number of hydrogen-bond donors (Lipinski definition) is 0. The Morgan fingerprint density at radius 3 is 2.50 bits per heavy atom. The molecule has 0 N–H and O–H groups in total. The number of ether oxygens (including phenoxy) is 1. The van der Waals surface area contributed by atoms with Crippen molar-refractivity contribution in [2.45, 2.75) is 18.3 Å². The molecule has 1 unspecified atom stereocenters. The van der Waals surface area contributed by atoms with Crippen LogP contribution in [0.3, 0.4) is 0 Å². The van der Waals surface area contributed by atoms with E-state index in [1.54, 1.807) is 24.3 Å². The standard InChI is InChI=1S/C9H7ClF2.C2H4O2/c10-7-3-1-2-6(4-7)8-5-9(8,11)12;1-4-2-3/h1-4,8H,5H2;2H,1H3. The Balaban J connectivity index is 0.000000280. The quantitative estimate of drug-likeness (QED) is 0.751. The fourth-order valence-electron chi connectivity index (χ4n) is 1.30. The predicted molar refractivity (Wildman–Crippen MR) is 56.8 cm³/mol. The molecule has 2 nitrogen and oxygen atoms in total. The maximum Gasteiger partial charge on any atom is 0.292 e. The van der Waals surface area contributed by atoms with Crippen molar-refractivity contribution in [2.24, 2.45) is 0 Å². The van der Waals surface area contributed by atoms with Crippen molar-refractivity contribution in [3.8, 4) is 0 Å². The number of carbonyl (C=O) groups is 1. The zero-order valence-electron chi connectivity index (χ0n) is 8.62. The van der Waals surface area contributed by atoms with Gasteiger partial charge in [-0.3, -0.25) is 4.79 Å². The summed E-state index contributed by atoms with van der Waals surface area (Å²) in [5.41, 5.74) is 0.646. The molecule has 0 amide bonds. The van der Waals surface area contributed by atoms with Crippen molar-refractivity contribution < 1.29 is 18.3 Å². The summed E-state index contributed by atoms with van der Waals surface area (Å²) in [4.78, 5) is 8.95. The summed E-state index contributed by atoms with van der Waals surface area (Å²) in [6, 6.07) is 6.68. The van der Waals surface area contributed by atoms with Gasteiger partial charge in [0.25, 0.3) is 12.4 Å². The molecule has 0 saturated heterocycles. The van der Waals surface area contributed by atoms with E-state index in [0.717, 1.165) is 0 Å². The van der Waals surface area contributed by atoms with E-state index in [1.165, 1.54) is 7.11 Å². The molecule has 1 aliphatic carbocycles. The lowest BCUT2D eigenvalue weighted by Crippen LogP contribution is -1.92. The minimum Gasteiger partial charge on any atom is -0.471 e. The Hall–Kier alpha value is -1.16. The molecule has 1 saturated carbocycles. The number of methoxy groups -OCH3 is 1. The fourth-order valence-corrected chi connectivity index (χ4v) is 1.50. The average molecular weight is 249 g/mol. The van der Waals surface area contributed by atoms with Crippen molar-refractivity contribution >= 4 is 18.1 Å². The van der Waals surface area contributed by atoms with Crippen LogP contribution >= 0.6 is 11.6 Å². The van der Waals surface area contributed by atoms with E-state index in [1.807, 2.05) is 0 Å². The highest BCUT2D eigenvalue weighted by molar-refractivity contribution is 6.30. The first-order valence-electron chi connectivity index (χ1n) is 4.61. The summed E-state index contributed by atoms with van der Waals surface area (Å²) in [6.45, 7) is 0.375. The fraction of sp³-hybridized carbons (Fsp3) is 0.364. The van der Waals surface area contributed by atoms with Gasteiger partial charge < -0.3 is 4.74 Å². The van der Waals surface area contributed by atoms with Crippen LogP contribution in [0.1, 0.15) is 17.9 Å². The minimum atomic E-state index is -2.50. The lowest BCUT2D eigenvalue weighted by molar-refractivity contribution is -0.126. The summed E-state index contributed by atoms with van der Waals surface area (Å²) in [6.07, 6.45) is -0.0344. The zero-order chi connectivity index (χ0) is 12.2. The summed E-state index contributed by atoms with van der Waals surface area (Å²) in [7, 11) is 1.31. The molecule has 0 heterocycles. The second-order valence-electron chi connectivity index (χ2n) is 3.40. The first-order valence-corrected chi connectivity index (χ1v) is 4.99. The SMILES string of the molecule is COC=O.FC1(F)CC1c1cccc(Cl)c1. The van der Waals surface area contributed by atoms with E-state index in [0.29, 0.717) is 17.1 Å². The largest absolute Gasteiger partial charge is 0.471 e. The Bertz CT molecular complexity index is 369. The highest BCUT2D eigenvalue weighted by Gasteiger charge is 2.57. The van der Waals surface area contributed by atoms with Crippen molar-refractivity contribution in [1.29, 1.82) is 0 Å². The van der Waals surface area contributed by atoms with Crippen LogP contribution in [-0.4, -0.2) is 19.5 Å². The van der Waals surface area contributed by atoms with Gasteiger partial charge in [0.05, 0.1) is 13.0 Å². The molecule has 1 fully saturated rings. The van der Waals surface area contributed by atoms with Gasteiger partial charge in [-0.15, -0.1) is 0 Å². The molecule has 0 aromatic heterocycles. The van der Waals surface area contributed by atoms with Crippen LogP contribution in [0.4, 0.5) is 8.78 Å². The maximum absolute atomic E-state index is 12.6. The molecular formula is C11H11ClF2O2. The molecule has 2 rings (SSSR count). The van der Waals surface area contributed by atoms with E-state index >= 15 is 0 Å². The van der Waals surface area contributed by atoms with Gasteiger partial charge in [0, 0.05) is 11.4 Å². The van der Waals surface area contributed by atoms with Crippen LogP contribution in [0.25, 0.3) is 0 Å². The second kappa shape index (κ2) is 5.25. The van der Waals surface area contributed by atoms with Gasteiger partial charge in [-0.25, -0.2) is 8.78 Å². The molecule has 0 aliphatic heterocycles. The highest BCUT2D eigenvalue weighted by Crippen LogP contribution is 2.55. The average Bonchev–Trinajstić information content (AvgIpc) is 2.88. The Labute approximate surface area is 97.2 Å². The molecule has 1 atom stereocenters. The lowest BCUT2D eigenvalue weighted by atomic mass is 10.1. The highest BCUT2D eigenvalue weighted by atomic mass is 35.5. The molecule has 1 aliphatic rings. The summed E-state index contributed by atoms with van der Waals surface area (Å²) in [5, 5.41) is 0.523. The van der Waals surface area contributed by atoms with Crippen molar-refractivity contribution in [3.05, 3.63) is 34.9 Å². The first kappa shape index (κ1) is 12.9. The molecule has 0 radical (unpaired) electrons. The van der Waals surface area contributed by atoms with Gasteiger partial charge in [-0.2, -0.15) is 0 Å². The van der Waals surface area contributed by atoms with E-state index < -0.39 is 11.8 Å². The number of alkyl halides is 2.